The smallest absolute Gasteiger partial charge is 0.323 e. The molecule has 27 heavy (non-hydrogen) atoms. The van der Waals surface area contributed by atoms with Crippen LogP contribution in [-0.2, 0) is 9.53 Å². The Morgan fingerprint density at radius 1 is 1.56 bits per heavy atom. The first-order valence-electron chi connectivity index (χ1n) is 8.72. The van der Waals surface area contributed by atoms with Gasteiger partial charge in [0.2, 0.25) is 5.95 Å². The summed E-state index contributed by atoms with van der Waals surface area (Å²) >= 11 is 0. The molecule has 1 saturated carbocycles. The van der Waals surface area contributed by atoms with E-state index in [9.17, 15) is 14.7 Å². The van der Waals surface area contributed by atoms with E-state index >= 15 is 0 Å². The number of carbonyl (C=O) groups excluding carboxylic acids is 1. The van der Waals surface area contributed by atoms with Crippen molar-refractivity contribution in [3.05, 3.63) is 28.8 Å². The number of nitrogens with zero attached hydrogens (tertiary/aromatic N) is 3. The summed E-state index contributed by atoms with van der Waals surface area (Å²) in [5.74, 6) is -1.03. The second kappa shape index (κ2) is 7.12. The zero-order valence-electron chi connectivity index (χ0n) is 15.3. The van der Waals surface area contributed by atoms with Crippen LogP contribution in [0.2, 0.25) is 0 Å². The highest BCUT2D eigenvalue weighted by Crippen LogP contribution is 2.40. The molecule has 0 aromatic carbocycles. The van der Waals surface area contributed by atoms with Gasteiger partial charge in [0, 0.05) is 5.92 Å². The predicted octanol–water partition coefficient (Wildman–Crippen LogP) is -0.294. The molecular formula is C17H24N6O4. The standard InChI is InChI=1S/C17H24N6O4/c1-7(2)12(18)16(26)27-5-9-8(3)10(4-11(9)24)23-6-20-13-14(23)21-17(19)22-15(13)25/h6-7,9-12,24H,3-5,18H2,1-2H3,(H3,19,21,22,25)/t9-,10-,11-,12+/m0/s1. The fourth-order valence-corrected chi connectivity index (χ4v) is 3.26. The molecule has 3 rings (SSSR count). The summed E-state index contributed by atoms with van der Waals surface area (Å²) in [7, 11) is 0. The van der Waals surface area contributed by atoms with Crippen molar-refractivity contribution in [2.24, 2.45) is 17.6 Å². The van der Waals surface area contributed by atoms with Gasteiger partial charge in [0.1, 0.15) is 12.6 Å². The molecule has 10 heteroatoms. The molecular weight excluding hydrogens is 352 g/mol. The molecule has 0 unspecified atom stereocenters. The quantitative estimate of drug-likeness (QED) is 0.408. The number of rotatable bonds is 5. The number of ether oxygens (including phenoxy) is 1. The van der Waals surface area contributed by atoms with Gasteiger partial charge in [0.25, 0.3) is 5.56 Å². The van der Waals surface area contributed by atoms with Crippen molar-refractivity contribution < 1.29 is 14.6 Å². The maximum atomic E-state index is 12.0. The minimum absolute atomic E-state index is 0.0153. The third kappa shape index (κ3) is 3.45. The number of aromatic nitrogens is 4. The molecule has 0 amide bonds. The minimum atomic E-state index is -0.762. The number of imidazole rings is 1. The molecule has 2 heterocycles. The van der Waals surface area contributed by atoms with Crippen LogP contribution >= 0.6 is 0 Å². The number of carbonyl (C=O) groups is 1. The van der Waals surface area contributed by atoms with Crippen molar-refractivity contribution in [2.75, 3.05) is 12.3 Å². The Hall–Kier alpha value is -2.72. The molecule has 0 saturated heterocycles. The Labute approximate surface area is 155 Å². The van der Waals surface area contributed by atoms with E-state index in [1.54, 1.807) is 4.57 Å². The molecule has 1 fully saturated rings. The molecule has 6 N–H and O–H groups in total. The summed E-state index contributed by atoms with van der Waals surface area (Å²) in [5, 5.41) is 10.4. The highest BCUT2D eigenvalue weighted by Gasteiger charge is 2.39. The number of nitrogens with two attached hydrogens (primary N) is 2. The first-order chi connectivity index (χ1) is 12.7. The van der Waals surface area contributed by atoms with Crippen molar-refractivity contribution in [1.29, 1.82) is 0 Å². The summed E-state index contributed by atoms with van der Waals surface area (Å²) < 4.78 is 6.94. The van der Waals surface area contributed by atoms with Crippen LogP contribution < -0.4 is 17.0 Å². The van der Waals surface area contributed by atoms with Crippen molar-refractivity contribution >= 4 is 23.1 Å². The average Bonchev–Trinajstić information content (AvgIpc) is 3.13. The summed E-state index contributed by atoms with van der Waals surface area (Å²) in [6.07, 6.45) is 1.04. The van der Waals surface area contributed by atoms with Crippen LogP contribution in [0.1, 0.15) is 26.3 Å². The number of aliphatic hydroxyl groups excluding tert-OH is 1. The number of nitrogen functional groups attached to an aromatic ring is 1. The first-order valence-corrected chi connectivity index (χ1v) is 8.72. The maximum Gasteiger partial charge on any atom is 0.323 e. The summed E-state index contributed by atoms with van der Waals surface area (Å²) in [6, 6.07) is -1.06. The van der Waals surface area contributed by atoms with E-state index in [1.807, 2.05) is 13.8 Å². The third-order valence-electron chi connectivity index (χ3n) is 5.02. The molecule has 2 aromatic rings. The van der Waals surface area contributed by atoms with E-state index in [1.165, 1.54) is 6.33 Å². The lowest BCUT2D eigenvalue weighted by atomic mass is 10.0. The van der Waals surface area contributed by atoms with Gasteiger partial charge in [-0.2, -0.15) is 4.98 Å². The molecule has 10 nitrogen and oxygen atoms in total. The number of anilines is 1. The number of H-pyrrole nitrogens is 1. The Bertz CT molecular complexity index is 933. The molecule has 0 spiro atoms. The van der Waals surface area contributed by atoms with Crippen LogP contribution in [0, 0.1) is 11.8 Å². The van der Waals surface area contributed by atoms with Gasteiger partial charge in [-0.05, 0) is 17.9 Å². The number of aromatic amines is 1. The maximum absolute atomic E-state index is 12.0. The second-order valence-corrected chi connectivity index (χ2v) is 7.18. The fraction of sp³-hybridized carbons (Fsp3) is 0.529. The number of hydrogen-bond donors (Lipinski definition) is 4. The molecule has 0 bridgehead atoms. The van der Waals surface area contributed by atoms with E-state index in [2.05, 4.69) is 21.5 Å². The van der Waals surface area contributed by atoms with Gasteiger partial charge in [-0.3, -0.25) is 14.6 Å². The average molecular weight is 376 g/mol. The van der Waals surface area contributed by atoms with Crippen LogP contribution in [0.15, 0.2) is 23.3 Å². The molecule has 2 aromatic heterocycles. The predicted molar refractivity (Wildman–Crippen MR) is 98.6 cm³/mol. The van der Waals surface area contributed by atoms with Gasteiger partial charge < -0.3 is 25.9 Å². The molecule has 1 aliphatic rings. The van der Waals surface area contributed by atoms with Crippen LogP contribution in [0.3, 0.4) is 0 Å². The lowest BCUT2D eigenvalue weighted by Gasteiger charge is -2.20. The molecule has 4 atom stereocenters. The highest BCUT2D eigenvalue weighted by molar-refractivity contribution is 5.75. The van der Waals surface area contributed by atoms with E-state index in [0.29, 0.717) is 17.6 Å². The van der Waals surface area contributed by atoms with E-state index in [4.69, 9.17) is 16.2 Å². The molecule has 1 aliphatic carbocycles. The topological polar surface area (TPSA) is 162 Å². The summed E-state index contributed by atoms with van der Waals surface area (Å²) in [5.41, 5.74) is 12.1. The van der Waals surface area contributed by atoms with E-state index < -0.39 is 29.6 Å². The SMILES string of the molecule is C=C1[C@H](COC(=O)[C@H](N)C(C)C)[C@@H](O)C[C@@H]1n1cnc2c(=O)[nH]c(N)nc21. The Kier molecular flexibility index (Phi) is 5.03. The molecule has 0 radical (unpaired) electrons. The Morgan fingerprint density at radius 2 is 2.26 bits per heavy atom. The summed E-state index contributed by atoms with van der Waals surface area (Å²) in [6.45, 7) is 7.70. The minimum Gasteiger partial charge on any atom is -0.464 e. The van der Waals surface area contributed by atoms with Crippen molar-refractivity contribution in [1.82, 2.24) is 19.5 Å². The van der Waals surface area contributed by atoms with Crippen molar-refractivity contribution in [2.45, 2.75) is 38.5 Å². The number of hydrogen-bond acceptors (Lipinski definition) is 8. The van der Waals surface area contributed by atoms with Crippen LogP contribution in [0.5, 0.6) is 0 Å². The van der Waals surface area contributed by atoms with Crippen LogP contribution in [0.4, 0.5) is 5.95 Å². The fourth-order valence-electron chi connectivity index (χ4n) is 3.26. The molecule has 146 valence electrons. The zero-order chi connectivity index (χ0) is 19.9. The van der Waals surface area contributed by atoms with Gasteiger partial charge in [-0.1, -0.05) is 20.4 Å². The van der Waals surface area contributed by atoms with Crippen LogP contribution in [-0.4, -0.2) is 49.3 Å². The van der Waals surface area contributed by atoms with Gasteiger partial charge in [0.05, 0.1) is 18.5 Å². The zero-order valence-corrected chi connectivity index (χ0v) is 15.3. The first kappa shape index (κ1) is 19.1. The van der Waals surface area contributed by atoms with Gasteiger partial charge >= 0.3 is 5.97 Å². The van der Waals surface area contributed by atoms with Gasteiger partial charge in [-0.15, -0.1) is 0 Å². The Balaban J connectivity index is 1.80. The number of esters is 1. The lowest BCUT2D eigenvalue weighted by Crippen LogP contribution is -2.38. The van der Waals surface area contributed by atoms with Crippen molar-refractivity contribution in [3.8, 4) is 0 Å². The lowest BCUT2D eigenvalue weighted by molar-refractivity contribution is -0.148. The largest absolute Gasteiger partial charge is 0.464 e. The highest BCUT2D eigenvalue weighted by atomic mass is 16.5. The normalized spacial score (nSPS) is 23.9. The summed E-state index contributed by atoms with van der Waals surface area (Å²) in [4.78, 5) is 34.5. The van der Waals surface area contributed by atoms with E-state index in [0.717, 1.165) is 0 Å². The third-order valence-corrected chi connectivity index (χ3v) is 5.02. The van der Waals surface area contributed by atoms with Crippen LogP contribution in [0.25, 0.3) is 11.2 Å². The van der Waals surface area contributed by atoms with Gasteiger partial charge in [0.15, 0.2) is 11.2 Å². The number of aliphatic hydroxyl groups is 1. The monoisotopic (exact) mass is 376 g/mol. The second-order valence-electron chi connectivity index (χ2n) is 7.18. The van der Waals surface area contributed by atoms with E-state index in [-0.39, 0.29) is 30.0 Å². The van der Waals surface area contributed by atoms with Gasteiger partial charge in [-0.25, -0.2) is 4.98 Å². The molecule has 0 aliphatic heterocycles. The number of nitrogens with one attached hydrogen (secondary N) is 1. The Morgan fingerprint density at radius 3 is 2.93 bits per heavy atom. The van der Waals surface area contributed by atoms with Crippen molar-refractivity contribution in [3.63, 3.8) is 0 Å². The number of fused-ring (bicyclic) bond motifs is 1.